The summed E-state index contributed by atoms with van der Waals surface area (Å²) in [7, 11) is 0. The summed E-state index contributed by atoms with van der Waals surface area (Å²) in [6, 6.07) is 45.2. The Bertz CT molecular complexity index is 1380. The largest absolute Gasteiger partial charge is 2.00 e. The minimum absolute atomic E-state index is 0. The van der Waals surface area contributed by atoms with E-state index in [1.165, 1.54) is 95.9 Å². The molecule has 0 saturated carbocycles. The van der Waals surface area contributed by atoms with Crippen molar-refractivity contribution in [1.29, 1.82) is 0 Å². The molecule has 5 aromatic carbocycles. The predicted molar refractivity (Wildman–Crippen MR) is 210 cm³/mol. The van der Waals surface area contributed by atoms with Gasteiger partial charge in [0.05, 0.1) is 0 Å². The van der Waals surface area contributed by atoms with Crippen molar-refractivity contribution in [3.8, 4) is 44.5 Å². The maximum Gasteiger partial charge on any atom is 2.00 e. The second kappa shape index (κ2) is 26.6. The van der Waals surface area contributed by atoms with Crippen molar-refractivity contribution >= 4 is 37.7 Å². The van der Waals surface area contributed by atoms with Crippen LogP contribution in [0.15, 0.2) is 127 Å². The molecule has 0 aliphatic carbocycles. The van der Waals surface area contributed by atoms with Gasteiger partial charge < -0.3 is 35.9 Å². The van der Waals surface area contributed by atoms with Gasteiger partial charge in [-0.15, -0.1) is 28.3 Å². The quantitative estimate of drug-likeness (QED) is 0.138. The van der Waals surface area contributed by atoms with Gasteiger partial charge in [0.15, 0.2) is 0 Å². The molecule has 4 saturated heterocycles. The minimum atomic E-state index is 0. The molecule has 0 bridgehead atoms. The van der Waals surface area contributed by atoms with E-state index in [9.17, 15) is 0 Å². The summed E-state index contributed by atoms with van der Waals surface area (Å²) < 4.78 is 19.8. The van der Waals surface area contributed by atoms with Crippen LogP contribution in [0.1, 0.15) is 51.4 Å². The van der Waals surface area contributed by atoms with Gasteiger partial charge >= 0.3 is 37.7 Å². The third-order valence-corrected chi connectivity index (χ3v) is 8.68. The van der Waals surface area contributed by atoms with E-state index in [0.29, 0.717) is 0 Å². The third kappa shape index (κ3) is 15.0. The summed E-state index contributed by atoms with van der Waals surface area (Å²) in [6.45, 7) is 8.00. The average molecular weight is 778 g/mol. The van der Waals surface area contributed by atoms with Crippen LogP contribution in [-0.2, 0) is 18.9 Å². The molecular formula is C45H53BrCaO4. The van der Waals surface area contributed by atoms with Gasteiger partial charge in [0.2, 0.25) is 0 Å². The number of rotatable bonds is 4. The number of halogens is 1. The van der Waals surface area contributed by atoms with Crippen LogP contribution in [0.5, 0.6) is 0 Å². The molecule has 0 radical (unpaired) electrons. The van der Waals surface area contributed by atoms with Crippen molar-refractivity contribution in [3.05, 3.63) is 127 Å². The summed E-state index contributed by atoms with van der Waals surface area (Å²) in [6.07, 6.45) is 10.2. The van der Waals surface area contributed by atoms with Gasteiger partial charge in [-0.2, -0.15) is 0 Å². The Morgan fingerprint density at radius 3 is 0.725 bits per heavy atom. The van der Waals surface area contributed by atoms with Crippen LogP contribution in [0.2, 0.25) is 0 Å². The third-order valence-electron chi connectivity index (χ3n) is 8.68. The number of benzene rings is 4. The number of hydrogen-bond acceptors (Lipinski definition) is 4. The fourth-order valence-corrected chi connectivity index (χ4v) is 6.10. The number of ether oxygens (including phenoxy) is 4. The van der Waals surface area contributed by atoms with E-state index in [4.69, 9.17) is 18.9 Å². The molecule has 0 amide bonds. The molecule has 6 heteroatoms. The topological polar surface area (TPSA) is 36.9 Å². The van der Waals surface area contributed by atoms with E-state index < -0.39 is 0 Å². The molecule has 0 atom stereocenters. The maximum absolute atomic E-state index is 4.94. The van der Waals surface area contributed by atoms with Crippen molar-refractivity contribution < 1.29 is 35.9 Å². The fourth-order valence-electron chi connectivity index (χ4n) is 6.10. The molecule has 4 fully saturated rings. The summed E-state index contributed by atoms with van der Waals surface area (Å²) in [5.74, 6) is 0. The molecule has 9 rings (SSSR count). The van der Waals surface area contributed by atoms with Crippen molar-refractivity contribution in [2.45, 2.75) is 51.4 Å². The normalized spacial score (nSPS) is 15.5. The van der Waals surface area contributed by atoms with Gasteiger partial charge in [0.25, 0.3) is 0 Å². The zero-order valence-corrected chi connectivity index (χ0v) is 34.0. The van der Waals surface area contributed by atoms with E-state index in [1.807, 2.05) is 0 Å². The summed E-state index contributed by atoms with van der Waals surface area (Å²) in [5.41, 5.74) is 10.1. The van der Waals surface area contributed by atoms with Crippen molar-refractivity contribution in [3.63, 3.8) is 0 Å². The van der Waals surface area contributed by atoms with E-state index in [1.54, 1.807) is 0 Å². The van der Waals surface area contributed by atoms with E-state index in [-0.39, 0.29) is 54.7 Å². The fraction of sp³-hybridized carbons (Fsp3) is 0.356. The van der Waals surface area contributed by atoms with Gasteiger partial charge in [0, 0.05) is 52.9 Å². The van der Waals surface area contributed by atoms with Gasteiger partial charge in [-0.25, -0.2) is 0 Å². The Morgan fingerprint density at radius 1 is 0.314 bits per heavy atom. The standard InChI is InChI=1S/C29H21.4C4H8O.BrH.Ca/c1-5-13-22(14-6-1)26-21-27(23-15-7-2-8-16-23)29(25-19-11-4-12-20-25)28(26)24-17-9-3-10-18-24;4*1-2-4-5-3-1;;/h1-21H;4*1-4H2;1H;/q-1;;;;;;+2/p-1. The first kappa shape index (κ1) is 43.2. The predicted octanol–water partition coefficient (Wildman–Crippen LogP) is 7.88. The van der Waals surface area contributed by atoms with Crippen molar-refractivity contribution in [1.82, 2.24) is 0 Å². The van der Waals surface area contributed by atoms with Crippen LogP contribution in [0.25, 0.3) is 44.5 Å². The van der Waals surface area contributed by atoms with Gasteiger partial charge in [-0.05, 0) is 51.4 Å². The summed E-state index contributed by atoms with van der Waals surface area (Å²) in [4.78, 5) is 0. The maximum atomic E-state index is 4.94. The van der Waals surface area contributed by atoms with Crippen LogP contribution in [0.3, 0.4) is 0 Å². The second-order valence-corrected chi connectivity index (χ2v) is 12.5. The van der Waals surface area contributed by atoms with Gasteiger partial charge in [-0.3, -0.25) is 0 Å². The first-order valence-corrected chi connectivity index (χ1v) is 18.3. The Labute approximate surface area is 347 Å². The molecule has 5 aromatic rings. The molecule has 4 aliphatic heterocycles. The molecule has 51 heavy (non-hydrogen) atoms. The molecule has 266 valence electrons. The zero-order valence-electron chi connectivity index (χ0n) is 30.2. The Morgan fingerprint density at radius 2 is 0.529 bits per heavy atom. The van der Waals surface area contributed by atoms with Crippen LogP contribution < -0.4 is 17.0 Å². The van der Waals surface area contributed by atoms with Crippen LogP contribution in [0.4, 0.5) is 0 Å². The Hall–Kier alpha value is -2.19. The molecule has 0 aromatic heterocycles. The molecular weight excluding hydrogens is 724 g/mol. The monoisotopic (exact) mass is 776 g/mol. The molecule has 4 nitrogen and oxygen atoms in total. The number of hydrogen-bond donors (Lipinski definition) is 0. The zero-order chi connectivity index (χ0) is 33.6. The van der Waals surface area contributed by atoms with Crippen LogP contribution >= 0.6 is 0 Å². The summed E-state index contributed by atoms with van der Waals surface area (Å²) in [5, 5.41) is 0. The molecule has 0 N–H and O–H groups in total. The van der Waals surface area contributed by atoms with Crippen molar-refractivity contribution in [2.75, 3.05) is 52.9 Å². The van der Waals surface area contributed by atoms with Crippen LogP contribution in [-0.4, -0.2) is 90.6 Å². The van der Waals surface area contributed by atoms with E-state index in [2.05, 4.69) is 127 Å². The van der Waals surface area contributed by atoms with Crippen LogP contribution in [0, 0.1) is 0 Å². The first-order valence-electron chi connectivity index (χ1n) is 18.3. The Kier molecular flexibility index (Phi) is 22.5. The van der Waals surface area contributed by atoms with Crippen molar-refractivity contribution in [2.24, 2.45) is 0 Å². The summed E-state index contributed by atoms with van der Waals surface area (Å²) >= 11 is 0. The van der Waals surface area contributed by atoms with E-state index >= 15 is 0 Å². The molecule has 0 unspecified atom stereocenters. The average Bonchev–Trinajstić information content (AvgIpc) is 4.04. The minimum Gasteiger partial charge on any atom is -1.00 e. The smallest absolute Gasteiger partial charge is 1.00 e. The first-order chi connectivity index (χ1) is 24.4. The molecule has 4 heterocycles. The molecule has 0 spiro atoms. The molecule has 4 aliphatic rings. The van der Waals surface area contributed by atoms with Gasteiger partial charge in [-0.1, -0.05) is 144 Å². The SMILES string of the molecule is C1CCOC1.C1CCOC1.C1CCOC1.C1CCOC1.[Br-].[Ca+2].c1ccc(-c2[cH-]c(-c3ccccc3)c(-c3ccccc3)c2-c2ccccc2)cc1. The Balaban J connectivity index is 0.000000256. The van der Waals surface area contributed by atoms with E-state index in [0.717, 1.165) is 52.9 Å². The second-order valence-electron chi connectivity index (χ2n) is 12.5. The van der Waals surface area contributed by atoms with Gasteiger partial charge in [0.1, 0.15) is 0 Å².